The summed E-state index contributed by atoms with van der Waals surface area (Å²) in [5.74, 6) is 0.277. The second-order valence-corrected chi connectivity index (χ2v) is 7.06. The number of hydrogen-bond acceptors (Lipinski definition) is 5. The summed E-state index contributed by atoms with van der Waals surface area (Å²) >= 11 is 1.48. The molecule has 0 saturated carbocycles. The maximum absolute atomic E-state index is 12.0. The van der Waals surface area contributed by atoms with Crippen LogP contribution in [-0.2, 0) is 11.3 Å². The lowest BCUT2D eigenvalue weighted by Crippen LogP contribution is -2.36. The largest absolute Gasteiger partial charge is 0.320 e. The van der Waals surface area contributed by atoms with Crippen molar-refractivity contribution >= 4 is 47.2 Å². The van der Waals surface area contributed by atoms with E-state index in [0.29, 0.717) is 17.5 Å². The number of halogens is 2. The molecule has 1 atom stereocenters. The lowest BCUT2D eigenvalue weighted by Gasteiger charge is -2.25. The molecule has 2 rings (SSSR count). The van der Waals surface area contributed by atoms with Crippen molar-refractivity contribution < 1.29 is 4.79 Å². The summed E-state index contributed by atoms with van der Waals surface area (Å²) < 4.78 is 0. The van der Waals surface area contributed by atoms with Crippen LogP contribution in [0.15, 0.2) is 5.38 Å². The molecule has 0 bridgehead atoms. The van der Waals surface area contributed by atoms with Crippen LogP contribution in [0.1, 0.15) is 45.2 Å². The van der Waals surface area contributed by atoms with Crippen LogP contribution in [0.5, 0.6) is 0 Å². The van der Waals surface area contributed by atoms with Crippen LogP contribution in [0.3, 0.4) is 0 Å². The molecule has 1 saturated heterocycles. The number of carbonyl (C=O) groups is 1. The Kier molecular flexibility index (Phi) is 11.0. The first-order valence-corrected chi connectivity index (χ1v) is 8.65. The van der Waals surface area contributed by atoms with Gasteiger partial charge in [-0.1, -0.05) is 20.3 Å². The molecule has 134 valence electrons. The maximum atomic E-state index is 12.0. The minimum atomic E-state index is -0.459. The molecule has 0 radical (unpaired) electrons. The van der Waals surface area contributed by atoms with Crippen LogP contribution in [0.25, 0.3) is 0 Å². The van der Waals surface area contributed by atoms with Crippen molar-refractivity contribution in [3.63, 3.8) is 0 Å². The number of likely N-dealkylation sites (tertiary alicyclic amines) is 1. The van der Waals surface area contributed by atoms with Crippen LogP contribution in [-0.4, -0.2) is 34.9 Å². The summed E-state index contributed by atoms with van der Waals surface area (Å²) in [5, 5.41) is 5.51. The van der Waals surface area contributed by atoms with Crippen LogP contribution in [0, 0.1) is 5.92 Å². The lowest BCUT2D eigenvalue weighted by atomic mass is 10.0. The molecule has 1 aromatic rings. The average Bonchev–Trinajstić information content (AvgIpc) is 2.86. The molecule has 8 heteroatoms. The normalized spacial score (nSPS) is 16.3. The standard InChI is InChI=1S/C15H26N4OS.2ClH/c1-11(2)8-13(16)14(20)18-15-17-12(10-21-15)9-19-6-4-3-5-7-19;;/h10-11,13H,3-9,16H2,1-2H3,(H,17,18,20);2*1H/t13-;;/m0../s1. The van der Waals surface area contributed by atoms with Gasteiger partial charge in [0.1, 0.15) is 0 Å². The fraction of sp³-hybridized carbons (Fsp3) is 0.733. The van der Waals surface area contributed by atoms with Crippen molar-refractivity contribution in [1.82, 2.24) is 9.88 Å². The number of amides is 1. The third-order valence-corrected chi connectivity index (χ3v) is 4.48. The Morgan fingerprint density at radius 1 is 1.35 bits per heavy atom. The van der Waals surface area contributed by atoms with E-state index < -0.39 is 6.04 Å². The van der Waals surface area contributed by atoms with Crippen molar-refractivity contribution in [1.29, 1.82) is 0 Å². The summed E-state index contributed by atoms with van der Waals surface area (Å²) in [6, 6.07) is -0.459. The average molecular weight is 383 g/mol. The molecule has 3 N–H and O–H groups in total. The maximum Gasteiger partial charge on any atom is 0.243 e. The Morgan fingerprint density at radius 2 is 2.00 bits per heavy atom. The molecular weight excluding hydrogens is 355 g/mol. The first-order valence-electron chi connectivity index (χ1n) is 7.78. The van der Waals surface area contributed by atoms with E-state index in [2.05, 4.69) is 29.0 Å². The second kappa shape index (κ2) is 11.2. The molecular formula is C15H28Cl2N4OS. The Bertz CT molecular complexity index is 464. The highest BCUT2D eigenvalue weighted by atomic mass is 35.5. The minimum Gasteiger partial charge on any atom is -0.320 e. The molecule has 1 amide bonds. The molecule has 5 nitrogen and oxygen atoms in total. The van der Waals surface area contributed by atoms with E-state index in [1.165, 1.54) is 30.6 Å². The SMILES string of the molecule is CC(C)C[C@H](N)C(=O)Nc1nc(CN2CCCCC2)cs1.Cl.Cl. The van der Waals surface area contributed by atoms with Gasteiger partial charge in [0.25, 0.3) is 0 Å². The molecule has 0 unspecified atom stereocenters. The van der Waals surface area contributed by atoms with Gasteiger partial charge in [0.2, 0.25) is 5.91 Å². The molecule has 23 heavy (non-hydrogen) atoms. The van der Waals surface area contributed by atoms with E-state index in [9.17, 15) is 4.79 Å². The first kappa shape index (κ1) is 22.6. The number of aromatic nitrogens is 1. The number of nitrogens with two attached hydrogens (primary N) is 1. The van der Waals surface area contributed by atoms with Crippen LogP contribution in [0.2, 0.25) is 0 Å². The van der Waals surface area contributed by atoms with Gasteiger partial charge in [-0.05, 0) is 38.3 Å². The topological polar surface area (TPSA) is 71.2 Å². The third kappa shape index (κ3) is 7.81. The van der Waals surface area contributed by atoms with Crippen molar-refractivity contribution in [2.75, 3.05) is 18.4 Å². The zero-order valence-corrected chi connectivity index (χ0v) is 16.2. The molecule has 0 aromatic carbocycles. The van der Waals surface area contributed by atoms with E-state index >= 15 is 0 Å². The lowest BCUT2D eigenvalue weighted by molar-refractivity contribution is -0.117. The van der Waals surface area contributed by atoms with Gasteiger partial charge in [-0.15, -0.1) is 36.2 Å². The third-order valence-electron chi connectivity index (χ3n) is 3.68. The van der Waals surface area contributed by atoms with Gasteiger partial charge < -0.3 is 11.1 Å². The number of piperidine rings is 1. The van der Waals surface area contributed by atoms with Crippen molar-refractivity contribution in [2.45, 2.75) is 52.1 Å². The molecule has 2 heterocycles. The van der Waals surface area contributed by atoms with Gasteiger partial charge in [-0.2, -0.15) is 0 Å². The van der Waals surface area contributed by atoms with Crippen molar-refractivity contribution in [3.05, 3.63) is 11.1 Å². The number of rotatable bonds is 6. The number of nitrogens with zero attached hydrogens (tertiary/aromatic N) is 2. The zero-order valence-electron chi connectivity index (χ0n) is 13.8. The number of hydrogen-bond donors (Lipinski definition) is 2. The van der Waals surface area contributed by atoms with Crippen molar-refractivity contribution in [3.8, 4) is 0 Å². The fourth-order valence-corrected chi connectivity index (χ4v) is 3.30. The Hall–Kier alpha value is -0.400. The molecule has 1 aliphatic rings. The molecule has 0 aliphatic carbocycles. The van der Waals surface area contributed by atoms with Gasteiger partial charge >= 0.3 is 0 Å². The number of anilines is 1. The Labute approximate surface area is 155 Å². The number of thiazole rings is 1. The molecule has 1 fully saturated rings. The highest BCUT2D eigenvalue weighted by Gasteiger charge is 2.17. The van der Waals surface area contributed by atoms with Crippen LogP contribution >= 0.6 is 36.2 Å². The minimum absolute atomic E-state index is 0. The summed E-state index contributed by atoms with van der Waals surface area (Å²) in [4.78, 5) is 18.9. The number of carbonyl (C=O) groups excluding carboxylic acids is 1. The fourth-order valence-electron chi connectivity index (χ4n) is 2.60. The molecule has 0 spiro atoms. The molecule has 1 aliphatic heterocycles. The summed E-state index contributed by atoms with van der Waals surface area (Å²) in [5.41, 5.74) is 6.92. The van der Waals surface area contributed by atoms with Crippen molar-refractivity contribution in [2.24, 2.45) is 11.7 Å². The van der Waals surface area contributed by atoms with Gasteiger partial charge in [-0.25, -0.2) is 4.98 Å². The van der Waals surface area contributed by atoms with Gasteiger partial charge in [0.05, 0.1) is 11.7 Å². The smallest absolute Gasteiger partial charge is 0.243 e. The van der Waals surface area contributed by atoms with Crippen LogP contribution in [0.4, 0.5) is 5.13 Å². The molecule has 1 aromatic heterocycles. The van der Waals surface area contributed by atoms with Gasteiger partial charge in [0, 0.05) is 11.9 Å². The monoisotopic (exact) mass is 382 g/mol. The first-order chi connectivity index (χ1) is 10.0. The Balaban J connectivity index is 0.00000242. The van der Waals surface area contributed by atoms with E-state index in [4.69, 9.17) is 5.73 Å². The number of nitrogens with one attached hydrogen (secondary N) is 1. The summed E-state index contributed by atoms with van der Waals surface area (Å²) in [7, 11) is 0. The van der Waals surface area contributed by atoms with Crippen LogP contribution < -0.4 is 11.1 Å². The zero-order chi connectivity index (χ0) is 15.2. The second-order valence-electron chi connectivity index (χ2n) is 6.21. The van der Waals surface area contributed by atoms with Gasteiger partial charge in [0.15, 0.2) is 5.13 Å². The predicted molar refractivity (Wildman–Crippen MR) is 102 cm³/mol. The van der Waals surface area contributed by atoms with E-state index in [-0.39, 0.29) is 30.7 Å². The summed E-state index contributed by atoms with van der Waals surface area (Å²) in [6.07, 6.45) is 4.58. The quantitative estimate of drug-likeness (QED) is 0.791. The van der Waals surface area contributed by atoms with Gasteiger partial charge in [-0.3, -0.25) is 9.69 Å². The van der Waals surface area contributed by atoms with E-state index in [1.54, 1.807) is 0 Å². The summed E-state index contributed by atoms with van der Waals surface area (Å²) in [6.45, 7) is 7.31. The highest BCUT2D eigenvalue weighted by Crippen LogP contribution is 2.19. The predicted octanol–water partition coefficient (Wildman–Crippen LogP) is 3.28. The highest BCUT2D eigenvalue weighted by molar-refractivity contribution is 7.13. The van der Waals surface area contributed by atoms with E-state index in [1.807, 2.05) is 5.38 Å². The Morgan fingerprint density at radius 3 is 2.61 bits per heavy atom. The van der Waals surface area contributed by atoms with E-state index in [0.717, 1.165) is 25.3 Å².